The first kappa shape index (κ1) is 16.9. The van der Waals surface area contributed by atoms with E-state index in [9.17, 15) is 0 Å². The van der Waals surface area contributed by atoms with Crippen LogP contribution in [0.4, 0.5) is 0 Å². The minimum absolute atomic E-state index is 0.876. The summed E-state index contributed by atoms with van der Waals surface area (Å²) in [6.07, 6.45) is 0. The van der Waals surface area contributed by atoms with E-state index in [1.54, 1.807) is 0 Å². The number of hydrogen-bond donors (Lipinski definition) is 0. The molecule has 0 atom stereocenters. The van der Waals surface area contributed by atoms with Crippen LogP contribution in [0.5, 0.6) is 0 Å². The molecule has 0 bridgehead atoms. The molecule has 0 N–H and O–H groups in total. The van der Waals surface area contributed by atoms with Gasteiger partial charge in [-0.1, -0.05) is 65.9 Å². The van der Waals surface area contributed by atoms with Gasteiger partial charge in [0.1, 0.15) is 11.2 Å². The van der Waals surface area contributed by atoms with Gasteiger partial charge in [-0.3, -0.25) is 0 Å². The van der Waals surface area contributed by atoms with Gasteiger partial charge < -0.3 is 4.42 Å². The lowest BCUT2D eigenvalue weighted by molar-refractivity contribution is 0.672. The van der Waals surface area contributed by atoms with Crippen LogP contribution in [-0.2, 0) is 0 Å². The smallest absolute Gasteiger partial charge is 0.143 e. The van der Waals surface area contributed by atoms with Crippen LogP contribution in [-0.4, -0.2) is 0 Å². The van der Waals surface area contributed by atoms with Crippen LogP contribution >= 0.6 is 0 Å². The van der Waals surface area contributed by atoms with Crippen molar-refractivity contribution in [1.82, 2.24) is 0 Å². The molecule has 0 aliphatic heterocycles. The van der Waals surface area contributed by atoms with Crippen molar-refractivity contribution < 1.29 is 4.42 Å². The van der Waals surface area contributed by atoms with Gasteiger partial charge in [0.2, 0.25) is 0 Å². The minimum Gasteiger partial charge on any atom is -0.455 e. The Hall–Kier alpha value is -4.02. The molecule has 0 spiro atoms. The number of hydrogen-bond acceptors (Lipinski definition) is 1. The van der Waals surface area contributed by atoms with Crippen molar-refractivity contribution in [2.75, 3.05) is 0 Å². The Labute approximate surface area is 174 Å². The molecule has 6 rings (SSSR count). The van der Waals surface area contributed by atoms with Crippen LogP contribution in [0.3, 0.4) is 0 Å². The first-order chi connectivity index (χ1) is 14.8. The quantitative estimate of drug-likeness (QED) is 0.195. The third-order valence-corrected chi connectivity index (χ3v) is 5.76. The molecule has 30 heavy (non-hydrogen) atoms. The van der Waals surface area contributed by atoms with Crippen molar-refractivity contribution in [3.8, 4) is 11.8 Å². The standard InChI is InChI=1S/C29H18O/c1-19-6-8-20(9-7-19)10-11-21-12-14-25-27-17-16-24-23-5-3-2-4-22(23)13-15-26(24)29(27)30-28(25)18-21/h2-9,12-18H,1H3. The summed E-state index contributed by atoms with van der Waals surface area (Å²) >= 11 is 0. The average Bonchev–Trinajstić information content (AvgIpc) is 3.16. The Kier molecular flexibility index (Phi) is 3.66. The van der Waals surface area contributed by atoms with Crippen molar-refractivity contribution in [1.29, 1.82) is 0 Å². The van der Waals surface area contributed by atoms with Crippen LogP contribution in [0.25, 0.3) is 43.5 Å². The molecular formula is C29H18O. The highest BCUT2D eigenvalue weighted by Gasteiger charge is 2.12. The van der Waals surface area contributed by atoms with Gasteiger partial charge in [0.15, 0.2) is 0 Å². The molecule has 0 radical (unpaired) electrons. The monoisotopic (exact) mass is 382 g/mol. The predicted octanol–water partition coefficient (Wildman–Crippen LogP) is 7.60. The molecule has 0 amide bonds. The maximum Gasteiger partial charge on any atom is 0.143 e. The fraction of sp³-hybridized carbons (Fsp3) is 0.0345. The fourth-order valence-corrected chi connectivity index (χ4v) is 4.18. The lowest BCUT2D eigenvalue weighted by Crippen LogP contribution is -1.78. The van der Waals surface area contributed by atoms with Gasteiger partial charge in [0.25, 0.3) is 0 Å². The van der Waals surface area contributed by atoms with Gasteiger partial charge in [0.05, 0.1) is 0 Å². The normalized spacial score (nSPS) is 11.2. The zero-order valence-corrected chi connectivity index (χ0v) is 16.6. The molecule has 0 aliphatic rings. The summed E-state index contributed by atoms with van der Waals surface area (Å²) in [5.74, 6) is 6.51. The molecule has 1 nitrogen and oxygen atoms in total. The van der Waals surface area contributed by atoms with E-state index >= 15 is 0 Å². The van der Waals surface area contributed by atoms with E-state index in [1.807, 2.05) is 6.07 Å². The van der Waals surface area contributed by atoms with E-state index in [1.165, 1.54) is 21.7 Å². The van der Waals surface area contributed by atoms with E-state index in [4.69, 9.17) is 4.42 Å². The molecule has 1 heteroatoms. The Balaban J connectivity index is 1.53. The second-order valence-electron chi connectivity index (χ2n) is 7.75. The SMILES string of the molecule is Cc1ccc(C#Cc2ccc3c(c2)oc2c3ccc3c4ccccc4ccc32)cc1. The van der Waals surface area contributed by atoms with Crippen molar-refractivity contribution in [2.24, 2.45) is 0 Å². The van der Waals surface area contributed by atoms with Gasteiger partial charge in [-0.25, -0.2) is 0 Å². The number of benzene rings is 5. The highest BCUT2D eigenvalue weighted by atomic mass is 16.3. The second-order valence-corrected chi connectivity index (χ2v) is 7.75. The first-order valence-electron chi connectivity index (χ1n) is 10.1. The van der Waals surface area contributed by atoms with Gasteiger partial charge in [-0.2, -0.15) is 0 Å². The zero-order chi connectivity index (χ0) is 20.1. The molecule has 6 aromatic rings. The summed E-state index contributed by atoms with van der Waals surface area (Å²) in [6, 6.07) is 31.7. The summed E-state index contributed by atoms with van der Waals surface area (Å²) in [7, 11) is 0. The number of fused-ring (bicyclic) bond motifs is 7. The topological polar surface area (TPSA) is 13.1 Å². The molecular weight excluding hydrogens is 364 g/mol. The van der Waals surface area contributed by atoms with Crippen LogP contribution < -0.4 is 0 Å². The summed E-state index contributed by atoms with van der Waals surface area (Å²) in [4.78, 5) is 0. The largest absolute Gasteiger partial charge is 0.455 e. The van der Waals surface area contributed by atoms with Crippen molar-refractivity contribution in [3.05, 3.63) is 108 Å². The zero-order valence-electron chi connectivity index (χ0n) is 16.6. The summed E-state index contributed by atoms with van der Waals surface area (Å²) < 4.78 is 6.36. The van der Waals surface area contributed by atoms with E-state index in [0.29, 0.717) is 0 Å². The highest BCUT2D eigenvalue weighted by molar-refractivity contribution is 6.20. The van der Waals surface area contributed by atoms with Crippen molar-refractivity contribution in [2.45, 2.75) is 6.92 Å². The summed E-state index contributed by atoms with van der Waals surface area (Å²) in [6.45, 7) is 2.08. The molecule has 0 unspecified atom stereocenters. The predicted molar refractivity (Wildman–Crippen MR) is 126 cm³/mol. The van der Waals surface area contributed by atoms with Crippen LogP contribution in [0.2, 0.25) is 0 Å². The first-order valence-corrected chi connectivity index (χ1v) is 10.1. The lowest BCUT2D eigenvalue weighted by atomic mass is 10.00. The molecule has 0 saturated carbocycles. The number of rotatable bonds is 0. The minimum atomic E-state index is 0.876. The third kappa shape index (κ3) is 2.66. The molecule has 0 fully saturated rings. The van der Waals surface area contributed by atoms with Crippen LogP contribution in [0.15, 0.2) is 95.4 Å². The Bertz CT molecular complexity index is 1640. The van der Waals surface area contributed by atoms with Gasteiger partial charge in [0, 0.05) is 27.3 Å². The molecule has 1 heterocycles. The van der Waals surface area contributed by atoms with Crippen molar-refractivity contribution >= 4 is 43.5 Å². The maximum atomic E-state index is 6.36. The third-order valence-electron chi connectivity index (χ3n) is 5.76. The lowest BCUT2D eigenvalue weighted by Gasteiger charge is -2.04. The van der Waals surface area contributed by atoms with Crippen molar-refractivity contribution in [3.63, 3.8) is 0 Å². The van der Waals surface area contributed by atoms with Gasteiger partial charge in [-0.15, -0.1) is 0 Å². The average molecular weight is 382 g/mol. The van der Waals surface area contributed by atoms with E-state index in [-0.39, 0.29) is 0 Å². The van der Waals surface area contributed by atoms with E-state index in [0.717, 1.165) is 38.5 Å². The molecule has 140 valence electrons. The molecule has 0 saturated heterocycles. The Morgan fingerprint density at radius 3 is 2.13 bits per heavy atom. The Morgan fingerprint density at radius 2 is 1.23 bits per heavy atom. The van der Waals surface area contributed by atoms with Gasteiger partial charge in [-0.05, 0) is 65.5 Å². The fourth-order valence-electron chi connectivity index (χ4n) is 4.18. The van der Waals surface area contributed by atoms with Crippen LogP contribution in [0.1, 0.15) is 16.7 Å². The molecule has 5 aromatic carbocycles. The van der Waals surface area contributed by atoms with Crippen LogP contribution in [0, 0.1) is 18.8 Å². The second kappa shape index (κ2) is 6.51. The van der Waals surface area contributed by atoms with E-state index < -0.39 is 0 Å². The summed E-state index contributed by atoms with van der Waals surface area (Å²) in [5.41, 5.74) is 5.03. The molecule has 0 aliphatic carbocycles. The van der Waals surface area contributed by atoms with Gasteiger partial charge >= 0.3 is 0 Å². The Morgan fingerprint density at radius 1 is 0.567 bits per heavy atom. The summed E-state index contributed by atoms with van der Waals surface area (Å²) in [5, 5.41) is 7.14. The highest BCUT2D eigenvalue weighted by Crippen LogP contribution is 2.36. The number of aryl methyl sites for hydroxylation is 1. The van der Waals surface area contributed by atoms with E-state index in [2.05, 4.69) is 104 Å². The number of furan rings is 1. The maximum absolute atomic E-state index is 6.36. The molecule has 1 aromatic heterocycles.